The van der Waals surface area contributed by atoms with Crippen LogP contribution in [0.3, 0.4) is 0 Å². The van der Waals surface area contributed by atoms with Crippen molar-refractivity contribution >= 4 is 44.9 Å². The quantitative estimate of drug-likeness (QED) is 0.167. The minimum atomic E-state index is -0.422. The molecule has 2 heteroatoms. The van der Waals surface area contributed by atoms with Crippen LogP contribution in [0, 0.1) is 0 Å². The number of anilines is 6. The van der Waals surface area contributed by atoms with Crippen LogP contribution in [0.15, 0.2) is 218 Å². The maximum absolute atomic E-state index is 2.43. The molecule has 9 aromatic carbocycles. The van der Waals surface area contributed by atoms with Gasteiger partial charge in [-0.05, 0) is 117 Å². The van der Waals surface area contributed by atoms with Gasteiger partial charge in [-0.2, -0.15) is 0 Å². The van der Waals surface area contributed by atoms with Crippen molar-refractivity contribution < 1.29 is 0 Å². The van der Waals surface area contributed by atoms with Crippen molar-refractivity contribution in [3.8, 4) is 11.1 Å². The van der Waals surface area contributed by atoms with Gasteiger partial charge in [-0.15, -0.1) is 0 Å². The first-order valence-corrected chi connectivity index (χ1v) is 20.3. The van der Waals surface area contributed by atoms with Crippen LogP contribution in [0.5, 0.6) is 0 Å². The predicted molar refractivity (Wildman–Crippen MR) is 243 cm³/mol. The molecule has 0 atom stereocenters. The van der Waals surface area contributed by atoms with Crippen LogP contribution in [-0.4, -0.2) is 0 Å². The average Bonchev–Trinajstić information content (AvgIpc) is 3.57. The fourth-order valence-corrected chi connectivity index (χ4v) is 10.2. The molecule has 0 aliphatic heterocycles. The molecule has 11 rings (SSSR count). The van der Waals surface area contributed by atoms with Crippen LogP contribution in [-0.2, 0) is 10.8 Å². The molecule has 1 spiro atoms. The van der Waals surface area contributed by atoms with Crippen molar-refractivity contribution in [1.82, 2.24) is 0 Å². The second-order valence-electron chi connectivity index (χ2n) is 16.1. The highest BCUT2D eigenvalue weighted by Crippen LogP contribution is 2.62. The molecule has 0 aromatic heterocycles. The zero-order valence-electron chi connectivity index (χ0n) is 32.7. The summed E-state index contributed by atoms with van der Waals surface area (Å²) >= 11 is 0. The van der Waals surface area contributed by atoms with Crippen molar-refractivity contribution in [3.05, 3.63) is 252 Å². The summed E-state index contributed by atoms with van der Waals surface area (Å²) in [6.45, 7) is 4.76. The molecule has 0 amide bonds. The summed E-state index contributed by atoms with van der Waals surface area (Å²) in [7, 11) is 0. The summed E-state index contributed by atoms with van der Waals surface area (Å²) in [5, 5.41) is 2.43. The number of hydrogen-bond donors (Lipinski definition) is 0. The minimum absolute atomic E-state index is 0.129. The van der Waals surface area contributed by atoms with Crippen molar-refractivity contribution in [2.75, 3.05) is 9.80 Å². The Hall–Kier alpha value is -7.16. The van der Waals surface area contributed by atoms with Crippen molar-refractivity contribution in [3.63, 3.8) is 0 Å². The fourth-order valence-electron chi connectivity index (χ4n) is 10.2. The minimum Gasteiger partial charge on any atom is -0.310 e. The summed E-state index contributed by atoms with van der Waals surface area (Å²) in [4.78, 5) is 4.76. The fraction of sp³-hybridized carbons (Fsp3) is 0.0714. The summed E-state index contributed by atoms with van der Waals surface area (Å²) in [6, 6.07) is 80.3. The topological polar surface area (TPSA) is 6.48 Å². The molecule has 0 unspecified atom stereocenters. The van der Waals surface area contributed by atoms with E-state index in [-0.39, 0.29) is 5.41 Å². The van der Waals surface area contributed by atoms with E-state index in [0.717, 1.165) is 34.1 Å². The third-order valence-corrected chi connectivity index (χ3v) is 12.7. The van der Waals surface area contributed by atoms with E-state index in [0.29, 0.717) is 0 Å². The lowest BCUT2D eigenvalue weighted by Gasteiger charge is -2.46. The van der Waals surface area contributed by atoms with Gasteiger partial charge in [0.05, 0.1) is 11.1 Å². The number of hydrogen-bond acceptors (Lipinski definition) is 2. The number of benzene rings is 9. The SMILES string of the molecule is CC1(C)c2ccccc2C2(c3ccccc3-c3cc(N(c4ccccc4)c4ccc(N(c5ccccc5)c5cccc6ccccc56)cc4)ccc32)c2ccccc21. The monoisotopic (exact) mass is 742 g/mol. The molecule has 0 radical (unpaired) electrons. The molecule has 2 aliphatic carbocycles. The van der Waals surface area contributed by atoms with Gasteiger partial charge in [0.25, 0.3) is 0 Å². The highest BCUT2D eigenvalue weighted by atomic mass is 15.2. The Morgan fingerprint density at radius 3 is 1.41 bits per heavy atom. The van der Waals surface area contributed by atoms with Gasteiger partial charge >= 0.3 is 0 Å². The van der Waals surface area contributed by atoms with E-state index in [1.165, 1.54) is 55.3 Å². The smallest absolute Gasteiger partial charge is 0.0719 e. The molecule has 0 N–H and O–H groups in total. The summed E-state index contributed by atoms with van der Waals surface area (Å²) in [6.07, 6.45) is 0. The van der Waals surface area contributed by atoms with E-state index in [1.807, 2.05) is 0 Å². The zero-order valence-corrected chi connectivity index (χ0v) is 32.7. The summed E-state index contributed by atoms with van der Waals surface area (Å²) < 4.78 is 0. The molecule has 0 bridgehead atoms. The van der Waals surface area contributed by atoms with E-state index in [2.05, 4.69) is 242 Å². The van der Waals surface area contributed by atoms with Crippen LogP contribution in [0.25, 0.3) is 21.9 Å². The Morgan fingerprint density at radius 2 is 0.759 bits per heavy atom. The van der Waals surface area contributed by atoms with E-state index in [9.17, 15) is 0 Å². The molecule has 2 nitrogen and oxygen atoms in total. The van der Waals surface area contributed by atoms with Gasteiger partial charge in [0.15, 0.2) is 0 Å². The van der Waals surface area contributed by atoms with Crippen molar-refractivity contribution in [1.29, 1.82) is 0 Å². The van der Waals surface area contributed by atoms with Crippen molar-refractivity contribution in [2.45, 2.75) is 24.7 Å². The van der Waals surface area contributed by atoms with Gasteiger partial charge in [-0.3, -0.25) is 0 Å². The van der Waals surface area contributed by atoms with E-state index in [4.69, 9.17) is 0 Å². The lowest BCUT2D eigenvalue weighted by molar-refractivity contribution is 0.563. The highest BCUT2D eigenvalue weighted by molar-refractivity contribution is 5.99. The van der Waals surface area contributed by atoms with E-state index in [1.54, 1.807) is 0 Å². The molecule has 2 aliphatic rings. The first kappa shape index (κ1) is 34.1. The second-order valence-corrected chi connectivity index (χ2v) is 16.1. The Bertz CT molecular complexity index is 2930. The predicted octanol–water partition coefficient (Wildman–Crippen LogP) is 14.8. The molecule has 58 heavy (non-hydrogen) atoms. The Balaban J connectivity index is 1.08. The zero-order chi connectivity index (χ0) is 38.8. The highest BCUT2D eigenvalue weighted by Gasteiger charge is 2.53. The van der Waals surface area contributed by atoms with E-state index >= 15 is 0 Å². The van der Waals surface area contributed by atoms with Crippen molar-refractivity contribution in [2.24, 2.45) is 0 Å². The number of para-hydroxylation sites is 2. The van der Waals surface area contributed by atoms with Crippen LogP contribution < -0.4 is 9.80 Å². The first-order chi connectivity index (χ1) is 28.5. The molecule has 9 aromatic rings. The average molecular weight is 743 g/mol. The molecule has 0 saturated carbocycles. The normalized spacial score (nSPS) is 14.0. The molecule has 276 valence electrons. The maximum Gasteiger partial charge on any atom is 0.0719 e. The molecular weight excluding hydrogens is 701 g/mol. The van der Waals surface area contributed by atoms with Gasteiger partial charge in [-0.1, -0.05) is 166 Å². The van der Waals surface area contributed by atoms with Crippen LogP contribution >= 0.6 is 0 Å². The first-order valence-electron chi connectivity index (χ1n) is 20.3. The second kappa shape index (κ2) is 13.2. The maximum atomic E-state index is 2.43. The van der Waals surface area contributed by atoms with E-state index < -0.39 is 5.41 Å². The third kappa shape index (κ3) is 4.98. The van der Waals surface area contributed by atoms with Crippen LogP contribution in [0.4, 0.5) is 34.1 Å². The lowest BCUT2D eigenvalue weighted by atomic mass is 9.55. The van der Waals surface area contributed by atoms with Gasteiger partial charge in [0.1, 0.15) is 0 Å². The Kier molecular flexibility index (Phi) is 7.78. The van der Waals surface area contributed by atoms with Gasteiger partial charge in [-0.25, -0.2) is 0 Å². The third-order valence-electron chi connectivity index (χ3n) is 12.7. The summed E-state index contributed by atoms with van der Waals surface area (Å²) in [5.74, 6) is 0. The summed E-state index contributed by atoms with van der Waals surface area (Å²) in [5.41, 5.74) is 16.9. The largest absolute Gasteiger partial charge is 0.310 e. The molecule has 0 heterocycles. The Labute approximate surface area is 340 Å². The number of rotatable bonds is 6. The van der Waals surface area contributed by atoms with Crippen LogP contribution in [0.2, 0.25) is 0 Å². The Morgan fingerprint density at radius 1 is 0.310 bits per heavy atom. The molecule has 0 saturated heterocycles. The van der Waals surface area contributed by atoms with Gasteiger partial charge in [0.2, 0.25) is 0 Å². The molecule has 0 fully saturated rings. The van der Waals surface area contributed by atoms with Crippen LogP contribution in [0.1, 0.15) is 47.2 Å². The van der Waals surface area contributed by atoms with Gasteiger partial charge in [0, 0.05) is 39.2 Å². The van der Waals surface area contributed by atoms with Gasteiger partial charge < -0.3 is 9.80 Å². The molecular formula is C56H42N2. The standard InChI is InChI=1S/C56H42N2/c1-55(2)50-27-13-15-29-52(50)56(53-30-16-14-28-51(53)55)48-26-12-11-25-46(48)47-38-44(36-37-49(47)56)57(40-20-5-3-6-21-40)42-32-34-43(35-33-42)58(41-22-7-4-8-23-41)54-31-17-19-39-18-9-10-24-45(39)54/h3-38H,1-2H3. The number of fused-ring (bicyclic) bond motifs is 10. The lowest BCUT2D eigenvalue weighted by Crippen LogP contribution is -2.40. The number of nitrogens with zero attached hydrogens (tertiary/aromatic N) is 2.